The smallest absolute Gasteiger partial charge is 0.243 e. The lowest BCUT2D eigenvalue weighted by molar-refractivity contribution is -0.917. The molecule has 0 amide bonds. The molecule has 0 spiro atoms. The fourth-order valence-corrected chi connectivity index (χ4v) is 4.83. The van der Waals surface area contributed by atoms with Crippen molar-refractivity contribution >= 4 is 21.6 Å². The van der Waals surface area contributed by atoms with Gasteiger partial charge in [-0.05, 0) is 43.3 Å². The molecule has 3 rings (SSSR count). The molecular weight excluding hydrogens is 372 g/mol. The summed E-state index contributed by atoms with van der Waals surface area (Å²) in [5, 5.41) is 0.735. The van der Waals surface area contributed by atoms with Crippen molar-refractivity contribution < 1.29 is 18.1 Å². The second-order valence-corrected chi connectivity index (χ2v) is 8.74. The highest BCUT2D eigenvalue weighted by Crippen LogP contribution is 2.19. The highest BCUT2D eigenvalue weighted by atomic mass is 35.5. The molecule has 0 aromatic heterocycles. The Bertz CT molecular complexity index is 832. The van der Waals surface area contributed by atoms with Crippen LogP contribution in [-0.4, -0.2) is 45.5 Å². The van der Waals surface area contributed by atoms with Crippen LogP contribution in [0.4, 0.5) is 0 Å². The van der Waals surface area contributed by atoms with Crippen LogP contribution in [0.2, 0.25) is 5.02 Å². The Balaban J connectivity index is 1.61. The fraction of sp³-hybridized carbons (Fsp3) is 0.368. The molecule has 0 unspecified atom stereocenters. The van der Waals surface area contributed by atoms with Gasteiger partial charge in [0, 0.05) is 10.6 Å². The third-order valence-electron chi connectivity index (χ3n) is 4.55. The molecule has 0 bridgehead atoms. The van der Waals surface area contributed by atoms with E-state index in [1.54, 1.807) is 28.6 Å². The molecule has 1 aliphatic heterocycles. The van der Waals surface area contributed by atoms with Gasteiger partial charge >= 0.3 is 0 Å². The van der Waals surface area contributed by atoms with E-state index >= 15 is 0 Å². The SMILES string of the molecule is CCOc1ccc(S(=O)(=O)N2CC[NH+](Cc3cccc(Cl)c3)CC2)cc1. The van der Waals surface area contributed by atoms with E-state index in [9.17, 15) is 8.42 Å². The maximum absolute atomic E-state index is 12.8. The normalized spacial score (nSPS) is 16.5. The van der Waals surface area contributed by atoms with Gasteiger partial charge in [0.05, 0.1) is 37.7 Å². The third kappa shape index (κ3) is 4.57. The molecule has 0 radical (unpaired) electrons. The summed E-state index contributed by atoms with van der Waals surface area (Å²) in [6.07, 6.45) is 0. The number of nitrogens with zero attached hydrogens (tertiary/aromatic N) is 1. The van der Waals surface area contributed by atoms with Crippen LogP contribution in [0.1, 0.15) is 12.5 Å². The average Bonchev–Trinajstić information content (AvgIpc) is 2.63. The molecule has 1 heterocycles. The predicted octanol–water partition coefficient (Wildman–Crippen LogP) is 1.83. The second-order valence-electron chi connectivity index (χ2n) is 6.37. The van der Waals surface area contributed by atoms with E-state index < -0.39 is 10.0 Å². The molecule has 140 valence electrons. The average molecular weight is 396 g/mol. The van der Waals surface area contributed by atoms with Gasteiger partial charge in [-0.25, -0.2) is 8.42 Å². The van der Waals surface area contributed by atoms with Crippen LogP contribution in [-0.2, 0) is 16.6 Å². The van der Waals surface area contributed by atoms with Crippen LogP contribution in [0.3, 0.4) is 0 Å². The molecule has 7 heteroatoms. The quantitative estimate of drug-likeness (QED) is 0.811. The zero-order valence-corrected chi connectivity index (χ0v) is 16.4. The van der Waals surface area contributed by atoms with Crippen molar-refractivity contribution in [3.63, 3.8) is 0 Å². The van der Waals surface area contributed by atoms with E-state index in [1.807, 2.05) is 25.1 Å². The van der Waals surface area contributed by atoms with Gasteiger partial charge in [-0.3, -0.25) is 0 Å². The minimum atomic E-state index is -3.45. The zero-order valence-electron chi connectivity index (χ0n) is 14.8. The molecule has 1 aliphatic rings. The van der Waals surface area contributed by atoms with E-state index in [2.05, 4.69) is 6.07 Å². The topological polar surface area (TPSA) is 51.1 Å². The summed E-state index contributed by atoms with van der Waals surface area (Å²) in [4.78, 5) is 1.68. The molecule has 0 saturated carbocycles. The standard InChI is InChI=1S/C19H23ClN2O3S/c1-2-25-18-6-8-19(9-7-18)26(23,24)22-12-10-21(11-13-22)15-16-4-3-5-17(20)14-16/h3-9,14H,2,10-13,15H2,1H3/p+1. The van der Waals surface area contributed by atoms with Crippen LogP contribution >= 0.6 is 11.6 Å². The summed E-state index contributed by atoms with van der Waals surface area (Å²) < 4.78 is 32.6. The maximum Gasteiger partial charge on any atom is 0.243 e. The molecule has 2 aromatic rings. The zero-order chi connectivity index (χ0) is 18.6. The number of ether oxygens (including phenoxy) is 1. The lowest BCUT2D eigenvalue weighted by atomic mass is 10.2. The van der Waals surface area contributed by atoms with Crippen LogP contribution in [0.5, 0.6) is 5.75 Å². The first-order valence-corrected chi connectivity index (χ1v) is 10.6. The molecule has 0 atom stereocenters. The molecule has 1 fully saturated rings. The van der Waals surface area contributed by atoms with E-state index in [1.165, 1.54) is 10.5 Å². The summed E-state index contributed by atoms with van der Waals surface area (Å²) in [6, 6.07) is 14.5. The van der Waals surface area contributed by atoms with Crippen LogP contribution in [0.25, 0.3) is 0 Å². The minimum Gasteiger partial charge on any atom is -0.494 e. The highest BCUT2D eigenvalue weighted by Gasteiger charge is 2.30. The highest BCUT2D eigenvalue weighted by molar-refractivity contribution is 7.89. The number of quaternary nitrogens is 1. The molecular formula is C19H24ClN2O3S+. The first-order chi connectivity index (χ1) is 12.5. The number of rotatable bonds is 6. The Kier molecular flexibility index (Phi) is 6.19. The number of halogens is 1. The van der Waals surface area contributed by atoms with Crippen LogP contribution < -0.4 is 9.64 Å². The number of hydrogen-bond donors (Lipinski definition) is 1. The van der Waals surface area contributed by atoms with Crippen molar-refractivity contribution in [2.24, 2.45) is 0 Å². The fourth-order valence-electron chi connectivity index (χ4n) is 3.18. The Morgan fingerprint density at radius 1 is 1.12 bits per heavy atom. The van der Waals surface area contributed by atoms with Crippen LogP contribution in [0.15, 0.2) is 53.4 Å². The van der Waals surface area contributed by atoms with E-state index in [0.717, 1.165) is 24.7 Å². The lowest BCUT2D eigenvalue weighted by Crippen LogP contribution is -3.13. The Hall–Kier alpha value is -1.60. The van der Waals surface area contributed by atoms with Crippen molar-refractivity contribution in [3.8, 4) is 5.75 Å². The lowest BCUT2D eigenvalue weighted by Gasteiger charge is -2.31. The monoisotopic (exact) mass is 395 g/mol. The summed E-state index contributed by atoms with van der Waals surface area (Å²) in [7, 11) is -3.45. The van der Waals surface area contributed by atoms with E-state index in [0.29, 0.717) is 30.3 Å². The summed E-state index contributed by atoms with van der Waals surface area (Å²) in [5.41, 5.74) is 1.18. The number of benzene rings is 2. The molecule has 2 aromatic carbocycles. The van der Waals surface area contributed by atoms with Crippen molar-refractivity contribution in [2.45, 2.75) is 18.4 Å². The maximum atomic E-state index is 12.8. The minimum absolute atomic E-state index is 0.319. The van der Waals surface area contributed by atoms with Gasteiger partial charge in [0.15, 0.2) is 0 Å². The molecule has 0 aliphatic carbocycles. The van der Waals surface area contributed by atoms with Crippen molar-refractivity contribution in [3.05, 3.63) is 59.1 Å². The van der Waals surface area contributed by atoms with Gasteiger partial charge in [0.2, 0.25) is 10.0 Å². The molecule has 1 saturated heterocycles. The Morgan fingerprint density at radius 2 is 1.81 bits per heavy atom. The van der Waals surface area contributed by atoms with E-state index in [4.69, 9.17) is 16.3 Å². The van der Waals surface area contributed by atoms with E-state index in [-0.39, 0.29) is 0 Å². The van der Waals surface area contributed by atoms with Crippen LogP contribution in [0, 0.1) is 0 Å². The van der Waals surface area contributed by atoms with Crippen molar-refractivity contribution in [2.75, 3.05) is 32.8 Å². The largest absolute Gasteiger partial charge is 0.494 e. The van der Waals surface area contributed by atoms with Gasteiger partial charge in [-0.15, -0.1) is 0 Å². The summed E-state index contributed by atoms with van der Waals surface area (Å²) >= 11 is 6.04. The number of piperazine rings is 1. The van der Waals surface area contributed by atoms with Gasteiger partial charge in [-0.2, -0.15) is 4.31 Å². The second kappa shape index (κ2) is 8.39. The Morgan fingerprint density at radius 3 is 2.42 bits per heavy atom. The number of sulfonamides is 1. The van der Waals surface area contributed by atoms with Crippen molar-refractivity contribution in [1.82, 2.24) is 4.31 Å². The first kappa shape index (κ1) is 19.2. The number of nitrogens with one attached hydrogen (secondary N) is 1. The third-order valence-corrected chi connectivity index (χ3v) is 6.69. The van der Waals surface area contributed by atoms with Crippen molar-refractivity contribution in [1.29, 1.82) is 0 Å². The van der Waals surface area contributed by atoms with Gasteiger partial charge in [0.25, 0.3) is 0 Å². The molecule has 26 heavy (non-hydrogen) atoms. The first-order valence-electron chi connectivity index (χ1n) is 8.80. The summed E-state index contributed by atoms with van der Waals surface area (Å²) in [5.74, 6) is 0.683. The molecule has 5 nitrogen and oxygen atoms in total. The van der Waals surface area contributed by atoms with Gasteiger partial charge in [-0.1, -0.05) is 23.7 Å². The van der Waals surface area contributed by atoms with Gasteiger partial charge in [0.1, 0.15) is 12.3 Å². The Labute approximate surface area is 160 Å². The number of hydrogen-bond acceptors (Lipinski definition) is 3. The van der Waals surface area contributed by atoms with Gasteiger partial charge < -0.3 is 9.64 Å². The predicted molar refractivity (Wildman–Crippen MR) is 102 cm³/mol. The summed E-state index contributed by atoms with van der Waals surface area (Å²) in [6.45, 7) is 5.92. The molecule has 1 N–H and O–H groups in total.